The molecule has 8 heteroatoms. The van der Waals surface area contributed by atoms with Gasteiger partial charge in [0.2, 0.25) is 5.28 Å². The van der Waals surface area contributed by atoms with Crippen LogP contribution >= 0.6 is 11.6 Å². The maximum absolute atomic E-state index is 11.1. The van der Waals surface area contributed by atoms with Gasteiger partial charge in [-0.15, -0.1) is 0 Å². The second kappa shape index (κ2) is 6.96. The number of hydrogen-bond acceptors (Lipinski definition) is 6. The Bertz CT molecular complexity index is 651. The first-order chi connectivity index (χ1) is 10.1. The normalized spacial score (nSPS) is 10.4. The summed E-state index contributed by atoms with van der Waals surface area (Å²) < 4.78 is 10.5. The molecule has 0 unspecified atom stereocenters. The lowest BCUT2D eigenvalue weighted by atomic mass is 10.1. The van der Waals surface area contributed by atoms with Gasteiger partial charge < -0.3 is 9.47 Å². The molecule has 0 saturated heterocycles. The zero-order valence-corrected chi connectivity index (χ0v) is 11.9. The zero-order valence-electron chi connectivity index (χ0n) is 11.2. The standard InChI is InChI=1S/C13H12ClN3O4/c1-20-6-7-21-11-5-3-2-4-9(11)12-10(17(18)19)8-15-13(14)16-12/h2-5,8H,6-7H2,1H3. The molecule has 1 aromatic carbocycles. The van der Waals surface area contributed by atoms with Gasteiger partial charge in [-0.1, -0.05) is 12.1 Å². The Morgan fingerprint density at radius 3 is 2.81 bits per heavy atom. The molecule has 110 valence electrons. The number of nitro groups is 1. The number of nitrogens with zero attached hydrogens (tertiary/aromatic N) is 3. The van der Waals surface area contributed by atoms with E-state index in [4.69, 9.17) is 21.1 Å². The third-order valence-electron chi connectivity index (χ3n) is 2.62. The van der Waals surface area contributed by atoms with E-state index in [0.717, 1.165) is 6.20 Å². The summed E-state index contributed by atoms with van der Waals surface area (Å²) in [6.07, 6.45) is 1.08. The topological polar surface area (TPSA) is 87.4 Å². The Balaban J connectivity index is 2.46. The van der Waals surface area contributed by atoms with Crippen molar-refractivity contribution >= 4 is 17.3 Å². The van der Waals surface area contributed by atoms with Crippen LogP contribution in [0.3, 0.4) is 0 Å². The summed E-state index contributed by atoms with van der Waals surface area (Å²) in [6, 6.07) is 6.87. The summed E-state index contributed by atoms with van der Waals surface area (Å²) in [6.45, 7) is 0.723. The van der Waals surface area contributed by atoms with E-state index in [9.17, 15) is 10.1 Å². The van der Waals surface area contributed by atoms with Crippen molar-refractivity contribution in [3.8, 4) is 17.0 Å². The first-order valence-corrected chi connectivity index (χ1v) is 6.39. The molecule has 1 heterocycles. The Kier molecular flexibility index (Phi) is 5.02. The summed E-state index contributed by atoms with van der Waals surface area (Å²) in [5.74, 6) is 0.465. The van der Waals surface area contributed by atoms with Gasteiger partial charge >= 0.3 is 5.69 Å². The molecule has 0 spiro atoms. The molecule has 21 heavy (non-hydrogen) atoms. The quantitative estimate of drug-likeness (QED) is 0.353. The molecule has 7 nitrogen and oxygen atoms in total. The molecule has 0 aliphatic rings. The minimum absolute atomic E-state index is 0.0673. The number of para-hydroxylation sites is 1. The van der Waals surface area contributed by atoms with E-state index in [2.05, 4.69) is 9.97 Å². The predicted octanol–water partition coefficient (Wildman–Crippen LogP) is 2.73. The Hall–Kier alpha value is -2.25. The molecule has 1 aromatic heterocycles. The summed E-state index contributed by atoms with van der Waals surface area (Å²) in [4.78, 5) is 18.1. The molecular formula is C13H12ClN3O4. The lowest BCUT2D eigenvalue weighted by molar-refractivity contribution is -0.384. The van der Waals surface area contributed by atoms with Crippen molar-refractivity contribution < 1.29 is 14.4 Å². The summed E-state index contributed by atoms with van der Waals surface area (Å²) >= 11 is 5.74. The Morgan fingerprint density at radius 1 is 1.33 bits per heavy atom. The molecule has 2 rings (SSSR count). The lowest BCUT2D eigenvalue weighted by Crippen LogP contribution is -2.06. The number of halogens is 1. The van der Waals surface area contributed by atoms with Crippen molar-refractivity contribution in [1.29, 1.82) is 0 Å². The summed E-state index contributed by atoms with van der Waals surface area (Å²) in [7, 11) is 1.56. The predicted molar refractivity (Wildman–Crippen MR) is 76.5 cm³/mol. The van der Waals surface area contributed by atoms with Crippen LogP contribution in [0.2, 0.25) is 5.28 Å². The zero-order chi connectivity index (χ0) is 15.2. The van der Waals surface area contributed by atoms with Crippen molar-refractivity contribution in [1.82, 2.24) is 9.97 Å². The third-order valence-corrected chi connectivity index (χ3v) is 2.81. The molecule has 0 atom stereocenters. The number of rotatable bonds is 6. The molecule has 0 aliphatic heterocycles. The average molecular weight is 310 g/mol. The fourth-order valence-electron chi connectivity index (χ4n) is 1.71. The fourth-order valence-corrected chi connectivity index (χ4v) is 1.84. The van der Waals surface area contributed by atoms with Crippen LogP contribution in [0.5, 0.6) is 5.75 Å². The number of hydrogen-bond donors (Lipinski definition) is 0. The number of aromatic nitrogens is 2. The second-order valence-electron chi connectivity index (χ2n) is 3.97. The number of ether oxygens (including phenoxy) is 2. The highest BCUT2D eigenvalue weighted by molar-refractivity contribution is 6.28. The van der Waals surface area contributed by atoms with Crippen LogP contribution in [0.15, 0.2) is 30.5 Å². The molecule has 0 radical (unpaired) electrons. The van der Waals surface area contributed by atoms with Crippen molar-refractivity contribution in [2.75, 3.05) is 20.3 Å². The van der Waals surface area contributed by atoms with E-state index >= 15 is 0 Å². The minimum Gasteiger partial charge on any atom is -0.490 e. The minimum atomic E-state index is -0.558. The average Bonchev–Trinajstić information content (AvgIpc) is 2.47. The highest BCUT2D eigenvalue weighted by Crippen LogP contribution is 2.34. The number of benzene rings is 1. The monoisotopic (exact) mass is 309 g/mol. The lowest BCUT2D eigenvalue weighted by Gasteiger charge is -2.10. The Morgan fingerprint density at radius 2 is 2.10 bits per heavy atom. The van der Waals surface area contributed by atoms with Crippen molar-refractivity contribution in [3.63, 3.8) is 0 Å². The van der Waals surface area contributed by atoms with E-state index < -0.39 is 4.92 Å². The maximum atomic E-state index is 11.1. The van der Waals surface area contributed by atoms with Gasteiger partial charge in [-0.25, -0.2) is 9.97 Å². The van der Waals surface area contributed by atoms with Gasteiger partial charge in [-0.3, -0.25) is 10.1 Å². The van der Waals surface area contributed by atoms with Crippen molar-refractivity contribution in [2.45, 2.75) is 0 Å². The molecule has 2 aromatic rings. The highest BCUT2D eigenvalue weighted by atomic mass is 35.5. The van der Waals surface area contributed by atoms with Crippen LogP contribution in [0.25, 0.3) is 11.3 Å². The van der Waals surface area contributed by atoms with Crippen molar-refractivity contribution in [2.24, 2.45) is 0 Å². The number of methoxy groups -OCH3 is 1. The van der Waals surface area contributed by atoms with Gasteiger partial charge in [0.25, 0.3) is 0 Å². The molecule has 0 N–H and O–H groups in total. The second-order valence-corrected chi connectivity index (χ2v) is 4.31. The van der Waals surface area contributed by atoms with Crippen LogP contribution in [-0.2, 0) is 4.74 Å². The SMILES string of the molecule is COCCOc1ccccc1-c1nc(Cl)ncc1[N+](=O)[O-]. The fraction of sp³-hybridized carbons (Fsp3) is 0.231. The largest absolute Gasteiger partial charge is 0.490 e. The maximum Gasteiger partial charge on any atom is 0.313 e. The summed E-state index contributed by atoms with van der Waals surface area (Å²) in [5, 5.41) is 11.0. The first-order valence-electron chi connectivity index (χ1n) is 6.01. The third kappa shape index (κ3) is 3.65. The van der Waals surface area contributed by atoms with Gasteiger partial charge in [0.05, 0.1) is 11.5 Å². The molecule has 0 bridgehead atoms. The van der Waals surface area contributed by atoms with E-state index in [1.807, 2.05) is 0 Å². The smallest absolute Gasteiger partial charge is 0.313 e. The van der Waals surface area contributed by atoms with E-state index in [-0.39, 0.29) is 16.7 Å². The Labute approximate surface area is 125 Å². The van der Waals surface area contributed by atoms with Gasteiger partial charge in [0.1, 0.15) is 18.6 Å². The molecule has 0 fully saturated rings. The van der Waals surface area contributed by atoms with Gasteiger partial charge in [0.15, 0.2) is 5.69 Å². The van der Waals surface area contributed by atoms with Crippen LogP contribution < -0.4 is 4.74 Å². The first kappa shape index (κ1) is 15.1. The van der Waals surface area contributed by atoms with Gasteiger partial charge in [0, 0.05) is 12.7 Å². The van der Waals surface area contributed by atoms with E-state index in [1.165, 1.54) is 0 Å². The molecule has 0 saturated carbocycles. The van der Waals surface area contributed by atoms with E-state index in [0.29, 0.717) is 24.5 Å². The molecule has 0 amide bonds. The van der Waals surface area contributed by atoms with E-state index in [1.54, 1.807) is 31.4 Å². The van der Waals surface area contributed by atoms with Gasteiger partial charge in [-0.2, -0.15) is 0 Å². The van der Waals surface area contributed by atoms with Crippen LogP contribution in [0, 0.1) is 10.1 Å². The molecule has 0 aliphatic carbocycles. The highest BCUT2D eigenvalue weighted by Gasteiger charge is 2.21. The van der Waals surface area contributed by atoms with Crippen molar-refractivity contribution in [3.05, 3.63) is 45.9 Å². The van der Waals surface area contributed by atoms with Gasteiger partial charge in [-0.05, 0) is 23.7 Å². The summed E-state index contributed by atoms with van der Waals surface area (Å²) in [5.41, 5.74) is 0.361. The molecular weight excluding hydrogens is 298 g/mol. The van der Waals surface area contributed by atoms with Crippen LogP contribution in [-0.4, -0.2) is 35.2 Å². The van der Waals surface area contributed by atoms with Crippen LogP contribution in [0.4, 0.5) is 5.69 Å². The van der Waals surface area contributed by atoms with Crippen LogP contribution in [0.1, 0.15) is 0 Å².